The van der Waals surface area contributed by atoms with E-state index in [1.807, 2.05) is 0 Å². The predicted octanol–water partition coefficient (Wildman–Crippen LogP) is 2.18. The fraction of sp³-hybridized carbons (Fsp3) is 0.261. The third-order valence-corrected chi connectivity index (χ3v) is 5.98. The molecule has 2 amide bonds. The first-order valence-corrected chi connectivity index (χ1v) is 11.2. The van der Waals surface area contributed by atoms with Crippen molar-refractivity contribution in [3.8, 4) is 28.6 Å². The van der Waals surface area contributed by atoms with Crippen LogP contribution >= 0.6 is 0 Å². The Balaban J connectivity index is 1.35. The summed E-state index contributed by atoms with van der Waals surface area (Å²) >= 11 is 0. The van der Waals surface area contributed by atoms with Crippen LogP contribution in [0.5, 0.6) is 17.4 Å². The average Bonchev–Trinajstić information content (AvgIpc) is 3.56. The number of carbonyl (C=O) groups is 2. The highest BCUT2D eigenvalue weighted by Crippen LogP contribution is 2.37. The molecule has 2 N–H and O–H groups in total. The molecule has 38 heavy (non-hydrogen) atoms. The Morgan fingerprint density at radius 1 is 1.11 bits per heavy atom. The summed E-state index contributed by atoms with van der Waals surface area (Å²) < 4.78 is 51.4. The van der Waals surface area contributed by atoms with Gasteiger partial charge in [0.05, 0.1) is 23.0 Å². The first-order chi connectivity index (χ1) is 18.2. The number of nitrogens with zero attached hydrogens (tertiary/aromatic N) is 6. The van der Waals surface area contributed by atoms with Crippen molar-refractivity contribution in [1.82, 2.24) is 29.3 Å². The van der Waals surface area contributed by atoms with E-state index in [9.17, 15) is 27.9 Å². The third kappa shape index (κ3) is 4.58. The van der Waals surface area contributed by atoms with Gasteiger partial charge in [0.15, 0.2) is 5.69 Å². The number of aromatic hydroxyl groups is 1. The quantitative estimate of drug-likeness (QED) is 0.395. The predicted molar refractivity (Wildman–Crippen MR) is 121 cm³/mol. The van der Waals surface area contributed by atoms with Crippen molar-refractivity contribution < 1.29 is 42.2 Å². The summed E-state index contributed by atoms with van der Waals surface area (Å²) in [6.07, 6.45) is 0.0160. The third-order valence-electron chi connectivity index (χ3n) is 5.98. The van der Waals surface area contributed by atoms with Crippen LogP contribution in [0.4, 0.5) is 13.2 Å². The summed E-state index contributed by atoms with van der Waals surface area (Å²) in [5.41, 5.74) is -1.37. The molecule has 198 valence electrons. The van der Waals surface area contributed by atoms with Crippen molar-refractivity contribution in [1.29, 1.82) is 0 Å². The number of hydrogen-bond donors (Lipinski definition) is 2. The molecule has 0 spiro atoms. The molecule has 15 heteroatoms. The number of fused-ring (bicyclic) bond motifs is 1. The summed E-state index contributed by atoms with van der Waals surface area (Å²) in [5.74, 6) is -1.19. The van der Waals surface area contributed by atoms with Crippen molar-refractivity contribution in [2.45, 2.75) is 6.18 Å². The summed E-state index contributed by atoms with van der Waals surface area (Å²) in [5, 5.41) is 22.5. The van der Waals surface area contributed by atoms with Gasteiger partial charge >= 0.3 is 6.18 Å². The van der Waals surface area contributed by atoms with Crippen LogP contribution in [0.25, 0.3) is 16.9 Å². The summed E-state index contributed by atoms with van der Waals surface area (Å²) in [6.45, 7) is 0.383. The van der Waals surface area contributed by atoms with Gasteiger partial charge in [-0.25, -0.2) is 9.97 Å². The number of halogens is 3. The van der Waals surface area contributed by atoms with Gasteiger partial charge in [-0.05, 0) is 12.1 Å². The van der Waals surface area contributed by atoms with Gasteiger partial charge in [0.1, 0.15) is 24.4 Å². The van der Waals surface area contributed by atoms with Crippen LogP contribution in [0.1, 0.15) is 16.1 Å². The lowest BCUT2D eigenvalue weighted by molar-refractivity contribution is -0.142. The number of carbonyl (C=O) groups excluding carboxylic acids is 2. The number of aliphatic hydroxyl groups is 1. The number of piperazine rings is 1. The van der Waals surface area contributed by atoms with Crippen LogP contribution in [-0.2, 0) is 11.0 Å². The molecule has 0 unspecified atom stereocenters. The molecule has 1 saturated heterocycles. The zero-order valence-corrected chi connectivity index (χ0v) is 19.4. The second-order valence-corrected chi connectivity index (χ2v) is 8.26. The van der Waals surface area contributed by atoms with Crippen LogP contribution in [-0.4, -0.2) is 84.1 Å². The molecule has 4 aromatic rings. The molecule has 1 aliphatic rings. The van der Waals surface area contributed by atoms with E-state index < -0.39 is 30.3 Å². The minimum atomic E-state index is -4.74. The van der Waals surface area contributed by atoms with Crippen LogP contribution in [0, 0.1) is 0 Å². The Labute approximate surface area is 211 Å². The van der Waals surface area contributed by atoms with Crippen LogP contribution in [0.15, 0.2) is 47.6 Å². The Morgan fingerprint density at radius 3 is 2.53 bits per heavy atom. The highest BCUT2D eigenvalue weighted by molar-refractivity contribution is 5.97. The van der Waals surface area contributed by atoms with Crippen molar-refractivity contribution >= 4 is 17.5 Å². The maximum Gasteiger partial charge on any atom is 0.437 e. The molecular formula is C23H19F3N6O6. The highest BCUT2D eigenvalue weighted by Gasteiger charge is 2.38. The number of ether oxygens (including phenoxy) is 1. The van der Waals surface area contributed by atoms with Gasteiger partial charge in [-0.1, -0.05) is 5.16 Å². The fourth-order valence-corrected chi connectivity index (χ4v) is 4.09. The normalized spacial score (nSPS) is 14.2. The second-order valence-electron chi connectivity index (χ2n) is 8.26. The molecule has 0 aliphatic carbocycles. The van der Waals surface area contributed by atoms with Gasteiger partial charge in [0.25, 0.3) is 11.8 Å². The maximum atomic E-state index is 13.3. The number of amides is 2. The lowest BCUT2D eigenvalue weighted by Gasteiger charge is -2.34. The largest absolute Gasteiger partial charge is 0.507 e. The molecule has 1 aromatic carbocycles. The number of rotatable bonds is 5. The van der Waals surface area contributed by atoms with E-state index >= 15 is 0 Å². The Bertz CT molecular complexity index is 1510. The van der Waals surface area contributed by atoms with E-state index in [1.54, 1.807) is 0 Å². The average molecular weight is 532 g/mol. The lowest BCUT2D eigenvalue weighted by atomic mass is 10.1. The van der Waals surface area contributed by atoms with E-state index in [0.29, 0.717) is 0 Å². The number of imidazole rings is 1. The van der Waals surface area contributed by atoms with E-state index in [-0.39, 0.29) is 66.0 Å². The topological polar surface area (TPSA) is 147 Å². The molecule has 12 nitrogen and oxygen atoms in total. The van der Waals surface area contributed by atoms with Crippen LogP contribution in [0.3, 0.4) is 0 Å². The molecule has 1 aliphatic heterocycles. The minimum Gasteiger partial charge on any atom is -0.507 e. The Hall–Kier alpha value is -4.66. The van der Waals surface area contributed by atoms with Crippen molar-refractivity contribution in [2.75, 3.05) is 32.8 Å². The van der Waals surface area contributed by atoms with Gasteiger partial charge in [-0.3, -0.25) is 14.0 Å². The first kappa shape index (κ1) is 25.0. The van der Waals surface area contributed by atoms with Gasteiger partial charge in [-0.2, -0.15) is 13.2 Å². The second kappa shape index (κ2) is 9.66. The fourth-order valence-electron chi connectivity index (χ4n) is 4.09. The summed E-state index contributed by atoms with van der Waals surface area (Å²) in [6, 6.07) is 3.99. The Morgan fingerprint density at radius 2 is 1.84 bits per heavy atom. The van der Waals surface area contributed by atoms with E-state index in [2.05, 4.69) is 19.6 Å². The monoisotopic (exact) mass is 532 g/mol. The minimum absolute atomic E-state index is 0.0145. The number of benzene rings is 1. The Kier molecular flexibility index (Phi) is 6.36. The maximum absolute atomic E-state index is 13.3. The molecule has 5 rings (SSSR count). The molecule has 4 heterocycles. The van der Waals surface area contributed by atoms with E-state index in [0.717, 1.165) is 6.26 Å². The number of hydrogen-bond acceptors (Lipinski definition) is 9. The number of alkyl halides is 3. The van der Waals surface area contributed by atoms with E-state index in [1.165, 1.54) is 51.0 Å². The van der Waals surface area contributed by atoms with Gasteiger partial charge < -0.3 is 29.3 Å². The van der Waals surface area contributed by atoms with Gasteiger partial charge in [-0.15, -0.1) is 0 Å². The molecule has 0 radical (unpaired) electrons. The summed E-state index contributed by atoms with van der Waals surface area (Å²) in [7, 11) is 0. The molecule has 0 atom stereocenters. The van der Waals surface area contributed by atoms with Gasteiger partial charge in [0, 0.05) is 44.6 Å². The number of phenolic OH excluding ortho intramolecular Hbond substituents is 1. The molecular weight excluding hydrogens is 513 g/mol. The highest BCUT2D eigenvalue weighted by atomic mass is 19.4. The molecule has 1 fully saturated rings. The molecule has 0 bridgehead atoms. The van der Waals surface area contributed by atoms with E-state index in [4.69, 9.17) is 9.84 Å². The van der Waals surface area contributed by atoms with Gasteiger partial charge in [0.2, 0.25) is 11.6 Å². The molecule has 3 aromatic heterocycles. The lowest BCUT2D eigenvalue weighted by Crippen LogP contribution is -2.51. The van der Waals surface area contributed by atoms with Crippen molar-refractivity contribution in [3.63, 3.8) is 0 Å². The SMILES string of the molecule is O=C(CO)N1CCN(C(=O)c2ccc(Oc3nccn4c(-c5conc5C(F)(F)F)cnc34)cc2O)CC1. The van der Waals surface area contributed by atoms with Crippen LogP contribution < -0.4 is 4.74 Å². The van der Waals surface area contributed by atoms with Crippen molar-refractivity contribution in [3.05, 3.63) is 54.3 Å². The first-order valence-electron chi connectivity index (χ1n) is 11.2. The zero-order chi connectivity index (χ0) is 27.0. The number of aromatic nitrogens is 4. The summed E-state index contributed by atoms with van der Waals surface area (Å²) in [4.78, 5) is 35.6. The number of phenols is 1. The molecule has 0 saturated carbocycles. The van der Waals surface area contributed by atoms with Crippen LogP contribution in [0.2, 0.25) is 0 Å². The smallest absolute Gasteiger partial charge is 0.437 e. The van der Waals surface area contributed by atoms with Crippen molar-refractivity contribution in [2.24, 2.45) is 0 Å². The zero-order valence-electron chi connectivity index (χ0n) is 19.4. The number of aliphatic hydroxyl groups excluding tert-OH is 1. The standard InChI is InChI=1S/C23H19F3N6O6/c24-23(25,26)19-15(12-37-29-19)16-10-28-20-21(27-3-4-32(16)20)38-13-1-2-14(17(34)9-13)22(36)31-7-5-30(6-8-31)18(35)11-33/h1-4,9-10,12,33-34H,5-8,11H2.